The summed E-state index contributed by atoms with van der Waals surface area (Å²) in [4.78, 5) is 26.7. The Morgan fingerprint density at radius 3 is 2.46 bits per heavy atom. The van der Waals surface area contributed by atoms with Crippen molar-refractivity contribution in [2.75, 3.05) is 13.1 Å². The van der Waals surface area contributed by atoms with Crippen LogP contribution in [0.5, 0.6) is 0 Å². The van der Waals surface area contributed by atoms with Crippen molar-refractivity contribution in [3.05, 3.63) is 35.4 Å². The van der Waals surface area contributed by atoms with Crippen molar-refractivity contribution in [2.24, 2.45) is 17.8 Å². The molecule has 0 radical (unpaired) electrons. The lowest BCUT2D eigenvalue weighted by Gasteiger charge is -2.35. The molecule has 3 fully saturated rings. The molecule has 4 rings (SSSR count). The van der Waals surface area contributed by atoms with Gasteiger partial charge in [-0.15, -0.1) is 0 Å². The van der Waals surface area contributed by atoms with Crippen LogP contribution in [0.25, 0.3) is 0 Å². The number of nitrogens with zero attached hydrogens (tertiary/aromatic N) is 1. The largest absolute Gasteiger partial charge is 0.353 e. The highest BCUT2D eigenvalue weighted by atomic mass is 19.2. The molecule has 1 saturated heterocycles. The third-order valence-electron chi connectivity index (χ3n) is 6.36. The van der Waals surface area contributed by atoms with Gasteiger partial charge in [0.05, 0.1) is 0 Å². The summed E-state index contributed by atoms with van der Waals surface area (Å²) in [7, 11) is 0. The van der Waals surface area contributed by atoms with E-state index in [2.05, 4.69) is 5.32 Å². The minimum Gasteiger partial charge on any atom is -0.353 e. The second-order valence-corrected chi connectivity index (χ2v) is 7.94. The maximum atomic E-state index is 13.4. The van der Waals surface area contributed by atoms with E-state index in [1.54, 1.807) is 4.90 Å². The van der Waals surface area contributed by atoms with E-state index in [0.29, 0.717) is 19.0 Å². The molecule has 2 aliphatic carbocycles. The van der Waals surface area contributed by atoms with E-state index in [1.807, 2.05) is 0 Å². The first-order valence-corrected chi connectivity index (χ1v) is 9.57. The molecule has 1 aliphatic heterocycles. The molecule has 6 heteroatoms. The van der Waals surface area contributed by atoms with Crippen LogP contribution in [0, 0.1) is 29.4 Å². The fourth-order valence-electron chi connectivity index (χ4n) is 4.60. The molecule has 1 aromatic carbocycles. The number of amides is 2. The standard InChI is InChI=1S/C20H24F2N2O2/c21-16-8-7-13(9-17(16)22)20(26)24-10-14-5-2-6-18(15(14)11-24)23-19(25)12-3-1-4-12/h7-9,12,14-15,18H,1-6,10-11H2,(H,23,25)/t14-,15+,18-/m0/s1. The first-order valence-electron chi connectivity index (χ1n) is 9.57. The smallest absolute Gasteiger partial charge is 0.253 e. The van der Waals surface area contributed by atoms with Gasteiger partial charge >= 0.3 is 0 Å². The van der Waals surface area contributed by atoms with Crippen molar-refractivity contribution < 1.29 is 18.4 Å². The molecule has 140 valence electrons. The Kier molecular flexibility index (Phi) is 4.67. The number of likely N-dealkylation sites (tertiary alicyclic amines) is 1. The lowest BCUT2D eigenvalue weighted by atomic mass is 9.77. The van der Waals surface area contributed by atoms with Crippen LogP contribution in [0.3, 0.4) is 0 Å². The van der Waals surface area contributed by atoms with E-state index in [4.69, 9.17) is 0 Å². The third-order valence-corrected chi connectivity index (χ3v) is 6.36. The molecule has 3 aliphatic rings. The fraction of sp³-hybridized carbons (Fsp3) is 0.600. The van der Waals surface area contributed by atoms with Crippen LogP contribution in [0.15, 0.2) is 18.2 Å². The predicted octanol–water partition coefficient (Wildman–Crippen LogP) is 3.12. The zero-order chi connectivity index (χ0) is 18.3. The fourth-order valence-corrected chi connectivity index (χ4v) is 4.60. The molecule has 4 nitrogen and oxygen atoms in total. The maximum Gasteiger partial charge on any atom is 0.253 e. The minimum atomic E-state index is -1.00. The summed E-state index contributed by atoms with van der Waals surface area (Å²) in [6, 6.07) is 3.41. The highest BCUT2D eigenvalue weighted by molar-refractivity contribution is 5.94. The number of halogens is 2. The summed E-state index contributed by atoms with van der Waals surface area (Å²) in [5.41, 5.74) is 0.178. The summed E-state index contributed by atoms with van der Waals surface area (Å²) in [5.74, 6) is -1.27. The van der Waals surface area contributed by atoms with Crippen LogP contribution in [-0.2, 0) is 4.79 Å². The van der Waals surface area contributed by atoms with Gasteiger partial charge in [-0.1, -0.05) is 12.8 Å². The highest BCUT2D eigenvalue weighted by Gasteiger charge is 2.43. The van der Waals surface area contributed by atoms with Crippen molar-refractivity contribution >= 4 is 11.8 Å². The molecule has 0 aromatic heterocycles. The Balaban J connectivity index is 1.43. The number of carbonyl (C=O) groups excluding carboxylic acids is 2. The minimum absolute atomic E-state index is 0.115. The third kappa shape index (κ3) is 3.21. The van der Waals surface area contributed by atoms with Gasteiger partial charge in [-0.25, -0.2) is 8.78 Å². The van der Waals surface area contributed by atoms with Crippen molar-refractivity contribution in [2.45, 2.75) is 44.6 Å². The molecule has 3 atom stereocenters. The van der Waals surface area contributed by atoms with E-state index in [-0.39, 0.29) is 35.3 Å². The number of nitrogens with one attached hydrogen (secondary N) is 1. The molecule has 0 bridgehead atoms. The first-order chi connectivity index (χ1) is 12.5. The Labute approximate surface area is 151 Å². The predicted molar refractivity (Wildman–Crippen MR) is 92.4 cm³/mol. The van der Waals surface area contributed by atoms with Crippen molar-refractivity contribution in [1.82, 2.24) is 10.2 Å². The summed E-state index contributed by atoms with van der Waals surface area (Å²) < 4.78 is 26.6. The van der Waals surface area contributed by atoms with Gasteiger partial charge in [-0.3, -0.25) is 9.59 Å². The maximum absolute atomic E-state index is 13.4. The van der Waals surface area contributed by atoms with E-state index in [1.165, 1.54) is 6.07 Å². The summed E-state index contributed by atoms with van der Waals surface area (Å²) >= 11 is 0. The SMILES string of the molecule is O=C(N[C@H]1CCC[C@H]2CN(C(=O)c3ccc(F)c(F)c3)C[C@H]21)C1CCC1. The zero-order valence-corrected chi connectivity index (χ0v) is 14.7. The van der Waals surface area contributed by atoms with Crippen LogP contribution in [0.1, 0.15) is 48.9 Å². The molecule has 1 aromatic rings. The molecular weight excluding hydrogens is 338 g/mol. The lowest BCUT2D eigenvalue weighted by molar-refractivity contribution is -0.128. The molecular formula is C20H24F2N2O2. The molecule has 0 spiro atoms. The normalized spacial score (nSPS) is 28.4. The number of fused-ring (bicyclic) bond motifs is 1. The zero-order valence-electron chi connectivity index (χ0n) is 14.7. The summed E-state index contributed by atoms with van der Waals surface area (Å²) in [6.07, 6.45) is 6.13. The van der Waals surface area contributed by atoms with Crippen molar-refractivity contribution in [3.63, 3.8) is 0 Å². The van der Waals surface area contributed by atoms with Gasteiger partial charge in [0.25, 0.3) is 5.91 Å². The molecule has 2 saturated carbocycles. The molecule has 1 heterocycles. The van der Waals surface area contributed by atoms with Crippen LogP contribution in [0.2, 0.25) is 0 Å². The number of hydrogen-bond acceptors (Lipinski definition) is 2. The number of hydrogen-bond donors (Lipinski definition) is 1. The molecule has 1 N–H and O–H groups in total. The second-order valence-electron chi connectivity index (χ2n) is 7.94. The number of carbonyl (C=O) groups is 2. The Morgan fingerprint density at radius 2 is 1.77 bits per heavy atom. The highest BCUT2D eigenvalue weighted by Crippen LogP contribution is 2.37. The van der Waals surface area contributed by atoms with Crippen molar-refractivity contribution in [1.29, 1.82) is 0 Å². The van der Waals surface area contributed by atoms with Gasteiger partial charge in [0.2, 0.25) is 5.91 Å². The molecule has 26 heavy (non-hydrogen) atoms. The Bertz CT molecular complexity index is 720. The van der Waals surface area contributed by atoms with Gasteiger partial charge in [0.1, 0.15) is 0 Å². The van der Waals surface area contributed by atoms with Gasteiger partial charge < -0.3 is 10.2 Å². The van der Waals surface area contributed by atoms with Gasteiger partial charge in [0, 0.05) is 36.5 Å². The second kappa shape index (κ2) is 6.97. The van der Waals surface area contributed by atoms with Crippen molar-refractivity contribution in [3.8, 4) is 0 Å². The average molecular weight is 362 g/mol. The van der Waals surface area contributed by atoms with E-state index in [9.17, 15) is 18.4 Å². The Hall–Kier alpha value is -1.98. The van der Waals surface area contributed by atoms with E-state index >= 15 is 0 Å². The van der Waals surface area contributed by atoms with E-state index in [0.717, 1.165) is 50.7 Å². The van der Waals surface area contributed by atoms with Crippen LogP contribution < -0.4 is 5.32 Å². The number of rotatable bonds is 3. The topological polar surface area (TPSA) is 49.4 Å². The summed E-state index contributed by atoms with van der Waals surface area (Å²) in [5, 5.41) is 3.22. The van der Waals surface area contributed by atoms with Crippen LogP contribution in [-0.4, -0.2) is 35.8 Å². The monoisotopic (exact) mass is 362 g/mol. The first kappa shape index (κ1) is 17.4. The molecule has 0 unspecified atom stereocenters. The summed E-state index contributed by atoms with van der Waals surface area (Å²) in [6.45, 7) is 1.19. The van der Waals surface area contributed by atoms with Gasteiger partial charge in [-0.05, 0) is 49.8 Å². The quantitative estimate of drug-likeness (QED) is 0.898. The number of benzene rings is 1. The lowest BCUT2D eigenvalue weighted by Crippen LogP contribution is -2.48. The molecule has 2 amide bonds. The van der Waals surface area contributed by atoms with Crippen LogP contribution in [0.4, 0.5) is 8.78 Å². The average Bonchev–Trinajstić information content (AvgIpc) is 3.00. The van der Waals surface area contributed by atoms with E-state index < -0.39 is 11.6 Å². The Morgan fingerprint density at radius 1 is 1.00 bits per heavy atom. The van der Waals surface area contributed by atoms with Gasteiger partial charge in [0.15, 0.2) is 11.6 Å². The van der Waals surface area contributed by atoms with Crippen LogP contribution >= 0.6 is 0 Å². The van der Waals surface area contributed by atoms with Gasteiger partial charge in [-0.2, -0.15) is 0 Å².